The number of carbonyl (C=O) groups is 3. The summed E-state index contributed by atoms with van der Waals surface area (Å²) in [6.07, 6.45) is 0. The highest BCUT2D eigenvalue weighted by Crippen LogP contribution is 2.19. The monoisotopic (exact) mass is 384 g/mol. The third-order valence-corrected chi connectivity index (χ3v) is 5.29. The molecule has 7 nitrogen and oxygen atoms in total. The highest BCUT2D eigenvalue weighted by atomic mass is 16.5. The molecule has 28 heavy (non-hydrogen) atoms. The van der Waals surface area contributed by atoms with Crippen molar-refractivity contribution >= 4 is 17.7 Å². The van der Waals surface area contributed by atoms with Crippen molar-refractivity contribution in [2.75, 3.05) is 39.8 Å². The normalized spacial score (nSPS) is 14.8. The average Bonchev–Trinajstić information content (AvgIpc) is 3.02. The number of aromatic nitrogens is 1. The number of hydrogen-bond donors (Lipinski definition) is 2. The Balaban J connectivity index is 1.60. The number of ketones is 1. The van der Waals surface area contributed by atoms with E-state index in [0.717, 1.165) is 4.90 Å². The number of Topliss-reactive ketones (excluding diaryl/α,β-unsaturated/α-hetero) is 1. The Morgan fingerprint density at radius 1 is 1.11 bits per heavy atom. The molecule has 1 aromatic heterocycles. The lowest BCUT2D eigenvalue weighted by molar-refractivity contribution is -0.895. The Morgan fingerprint density at radius 2 is 1.75 bits per heavy atom. The number of methoxy groups -OCH3 is 1. The van der Waals surface area contributed by atoms with Gasteiger partial charge in [0.15, 0.2) is 0 Å². The number of nitrogens with zero attached hydrogens (tertiary/aromatic N) is 1. The van der Waals surface area contributed by atoms with Gasteiger partial charge in [-0.15, -0.1) is 0 Å². The summed E-state index contributed by atoms with van der Waals surface area (Å²) in [7, 11) is 1.33. The highest BCUT2D eigenvalue weighted by Gasteiger charge is 2.28. The molecule has 1 saturated heterocycles. The number of benzene rings is 1. The minimum Gasteiger partial charge on any atom is -0.465 e. The zero-order valence-corrected chi connectivity index (χ0v) is 16.5. The highest BCUT2D eigenvalue weighted by molar-refractivity contribution is 6.02. The molecule has 3 rings (SSSR count). The molecule has 0 saturated carbocycles. The molecule has 1 fully saturated rings. The van der Waals surface area contributed by atoms with Crippen molar-refractivity contribution in [1.82, 2.24) is 9.88 Å². The Labute approximate surface area is 164 Å². The van der Waals surface area contributed by atoms with E-state index in [4.69, 9.17) is 4.74 Å². The first-order valence-electron chi connectivity index (χ1n) is 9.41. The van der Waals surface area contributed by atoms with Crippen LogP contribution in [0.4, 0.5) is 0 Å². The molecule has 0 unspecified atom stereocenters. The van der Waals surface area contributed by atoms with Gasteiger partial charge in [0.2, 0.25) is 5.78 Å². The van der Waals surface area contributed by atoms with Crippen LogP contribution in [-0.2, 0) is 4.74 Å². The van der Waals surface area contributed by atoms with Crippen molar-refractivity contribution in [3.63, 3.8) is 0 Å². The Kier molecular flexibility index (Phi) is 5.94. The average molecular weight is 384 g/mol. The third-order valence-electron chi connectivity index (χ3n) is 5.29. The molecule has 1 aliphatic heterocycles. The smallest absolute Gasteiger partial charge is 0.339 e. The lowest BCUT2D eigenvalue weighted by atomic mass is 10.1. The summed E-state index contributed by atoms with van der Waals surface area (Å²) in [5.74, 6) is -0.441. The number of aryl methyl sites for hydroxylation is 1. The standard InChI is InChI=1S/C21H25N3O4/c1-14-18(21(27)28-3)15(2)22-19(14)17(25)13-23-9-11-24(12-10-23)20(26)16-7-5-4-6-8-16/h4-8,22H,9-13H2,1-3H3/p+1. The molecule has 0 radical (unpaired) electrons. The second kappa shape index (κ2) is 8.39. The number of amides is 1. The fraction of sp³-hybridized carbons (Fsp3) is 0.381. The van der Waals surface area contributed by atoms with Crippen molar-refractivity contribution < 1.29 is 24.0 Å². The zero-order chi connectivity index (χ0) is 20.3. The van der Waals surface area contributed by atoms with Crippen molar-refractivity contribution in [3.05, 3.63) is 58.4 Å². The third kappa shape index (κ3) is 3.99. The maximum Gasteiger partial charge on any atom is 0.339 e. The van der Waals surface area contributed by atoms with Crippen molar-refractivity contribution in [1.29, 1.82) is 0 Å². The fourth-order valence-corrected chi connectivity index (χ4v) is 3.72. The number of quaternary nitrogens is 1. The second-order valence-corrected chi connectivity index (χ2v) is 7.12. The molecule has 148 valence electrons. The molecule has 1 aliphatic rings. The molecule has 0 bridgehead atoms. The molecule has 0 atom stereocenters. The maximum absolute atomic E-state index is 12.8. The lowest BCUT2D eigenvalue weighted by Crippen LogP contribution is -3.15. The minimum absolute atomic E-state index is 0.0320. The second-order valence-electron chi connectivity index (χ2n) is 7.12. The SMILES string of the molecule is COC(=O)c1c(C)[nH]c(C(=O)C[NH+]2CCN(C(=O)c3ccccc3)CC2)c1C. The van der Waals surface area contributed by atoms with Crippen LogP contribution in [0.1, 0.15) is 42.5 Å². The maximum atomic E-state index is 12.8. The van der Waals surface area contributed by atoms with E-state index in [-0.39, 0.29) is 11.7 Å². The first-order valence-corrected chi connectivity index (χ1v) is 9.41. The quantitative estimate of drug-likeness (QED) is 0.585. The molecular formula is C21H26N3O4+. The van der Waals surface area contributed by atoms with Gasteiger partial charge in [0.1, 0.15) is 6.54 Å². The largest absolute Gasteiger partial charge is 0.465 e. The first-order chi connectivity index (χ1) is 13.4. The minimum atomic E-state index is -0.439. The van der Waals surface area contributed by atoms with Crippen LogP contribution in [0.25, 0.3) is 0 Å². The molecule has 0 aliphatic carbocycles. The van der Waals surface area contributed by atoms with Crippen LogP contribution in [0, 0.1) is 13.8 Å². The number of aromatic amines is 1. The van der Waals surface area contributed by atoms with Crippen LogP contribution >= 0.6 is 0 Å². The van der Waals surface area contributed by atoms with Crippen LogP contribution < -0.4 is 4.90 Å². The summed E-state index contributed by atoms with van der Waals surface area (Å²) in [6.45, 7) is 6.51. The summed E-state index contributed by atoms with van der Waals surface area (Å²) < 4.78 is 4.80. The van der Waals surface area contributed by atoms with Gasteiger partial charge < -0.3 is 19.5 Å². The molecule has 7 heteroatoms. The Morgan fingerprint density at radius 3 is 2.36 bits per heavy atom. The molecule has 2 aromatic rings. The van der Waals surface area contributed by atoms with Gasteiger partial charge in [0.25, 0.3) is 5.91 Å². The number of esters is 1. The number of rotatable bonds is 5. The van der Waals surface area contributed by atoms with Crippen molar-refractivity contribution in [3.8, 4) is 0 Å². The number of piperazine rings is 1. The summed E-state index contributed by atoms with van der Waals surface area (Å²) in [6, 6.07) is 9.24. The van der Waals surface area contributed by atoms with E-state index in [1.807, 2.05) is 35.2 Å². The van der Waals surface area contributed by atoms with Gasteiger partial charge in [-0.1, -0.05) is 18.2 Å². The first kappa shape index (κ1) is 19.8. The van der Waals surface area contributed by atoms with Crippen molar-refractivity contribution in [2.24, 2.45) is 0 Å². The number of nitrogens with one attached hydrogen (secondary N) is 2. The van der Waals surface area contributed by atoms with Gasteiger partial charge in [-0.2, -0.15) is 0 Å². The summed E-state index contributed by atoms with van der Waals surface area (Å²) in [5.41, 5.74) is 2.86. The van der Waals surface area contributed by atoms with E-state index >= 15 is 0 Å². The lowest BCUT2D eigenvalue weighted by Gasteiger charge is -2.32. The molecule has 1 amide bonds. The predicted octanol–water partition coefficient (Wildman–Crippen LogP) is 0.642. The van der Waals surface area contributed by atoms with Gasteiger partial charge in [-0.3, -0.25) is 9.59 Å². The fourth-order valence-electron chi connectivity index (χ4n) is 3.72. The van der Waals surface area contributed by atoms with Crippen LogP contribution in [0.5, 0.6) is 0 Å². The van der Waals surface area contributed by atoms with Crippen molar-refractivity contribution in [2.45, 2.75) is 13.8 Å². The number of carbonyl (C=O) groups excluding carboxylic acids is 3. The molecule has 2 heterocycles. The van der Waals surface area contributed by atoms with Crippen LogP contribution in [0.3, 0.4) is 0 Å². The van der Waals surface area contributed by atoms with Crippen LogP contribution in [-0.4, -0.2) is 67.4 Å². The van der Waals surface area contributed by atoms with E-state index in [1.165, 1.54) is 7.11 Å². The number of ether oxygens (including phenoxy) is 1. The van der Waals surface area contributed by atoms with Gasteiger partial charge in [-0.25, -0.2) is 4.79 Å². The van der Waals surface area contributed by atoms with Gasteiger partial charge in [-0.05, 0) is 31.5 Å². The van der Waals surface area contributed by atoms with Gasteiger partial charge in [0, 0.05) is 11.3 Å². The Bertz CT molecular complexity index is 881. The van der Waals surface area contributed by atoms with Crippen LogP contribution in [0.15, 0.2) is 30.3 Å². The van der Waals surface area contributed by atoms with Crippen LogP contribution in [0.2, 0.25) is 0 Å². The van der Waals surface area contributed by atoms with E-state index in [2.05, 4.69) is 4.98 Å². The Hall–Kier alpha value is -2.93. The number of H-pyrrole nitrogens is 1. The topological polar surface area (TPSA) is 83.9 Å². The molecule has 0 spiro atoms. The van der Waals surface area contributed by atoms with E-state index in [9.17, 15) is 14.4 Å². The summed E-state index contributed by atoms with van der Waals surface area (Å²) in [4.78, 5) is 43.2. The predicted molar refractivity (Wildman–Crippen MR) is 104 cm³/mol. The van der Waals surface area contributed by atoms with E-state index in [0.29, 0.717) is 60.8 Å². The van der Waals surface area contributed by atoms with Gasteiger partial charge in [0.05, 0.1) is 44.5 Å². The summed E-state index contributed by atoms with van der Waals surface area (Å²) >= 11 is 0. The van der Waals surface area contributed by atoms with E-state index < -0.39 is 5.97 Å². The zero-order valence-electron chi connectivity index (χ0n) is 16.5. The molecule has 1 aromatic carbocycles. The summed E-state index contributed by atoms with van der Waals surface area (Å²) in [5, 5.41) is 0. The molecular weight excluding hydrogens is 358 g/mol. The number of hydrogen-bond acceptors (Lipinski definition) is 4. The molecule has 2 N–H and O–H groups in total. The van der Waals surface area contributed by atoms with Gasteiger partial charge >= 0.3 is 5.97 Å². The van der Waals surface area contributed by atoms with E-state index in [1.54, 1.807) is 13.8 Å².